The average molecular weight is 450 g/mol. The summed E-state index contributed by atoms with van der Waals surface area (Å²) in [6.45, 7) is 2.75. The van der Waals surface area contributed by atoms with Crippen LogP contribution >= 0.6 is 0 Å². The Morgan fingerprint density at radius 1 is 1.30 bits per heavy atom. The summed E-state index contributed by atoms with van der Waals surface area (Å²) in [5.74, 6) is 0.439. The molecule has 3 heterocycles. The van der Waals surface area contributed by atoms with Crippen molar-refractivity contribution in [3.63, 3.8) is 0 Å². The van der Waals surface area contributed by atoms with Gasteiger partial charge < -0.3 is 24.7 Å². The second kappa shape index (κ2) is 9.64. The van der Waals surface area contributed by atoms with E-state index in [1.54, 1.807) is 6.07 Å². The Kier molecular flexibility index (Phi) is 6.67. The number of rotatable bonds is 9. The van der Waals surface area contributed by atoms with E-state index in [1.807, 2.05) is 49.6 Å². The Bertz CT molecular complexity index is 1080. The molecule has 0 radical (unpaired) electrons. The SMILES string of the molecule is COC(=O)C(Cc1cccc(C(=N)N)c1)C(C)NC1OC1C1=CC=C(n2cccc2)N(C)C1. The molecule has 33 heavy (non-hydrogen) atoms. The van der Waals surface area contributed by atoms with Crippen LogP contribution in [0.5, 0.6) is 0 Å². The fourth-order valence-electron chi connectivity index (χ4n) is 4.30. The third kappa shape index (κ3) is 5.18. The number of epoxide rings is 1. The zero-order valence-electron chi connectivity index (χ0n) is 19.2. The van der Waals surface area contributed by atoms with Gasteiger partial charge in [-0.15, -0.1) is 0 Å². The summed E-state index contributed by atoms with van der Waals surface area (Å²) in [4.78, 5) is 14.7. The van der Waals surface area contributed by atoms with Crippen molar-refractivity contribution in [1.29, 1.82) is 5.41 Å². The number of hydrogen-bond donors (Lipinski definition) is 3. The zero-order valence-corrected chi connectivity index (χ0v) is 19.2. The molecular formula is C25H31N5O3. The third-order valence-corrected chi connectivity index (χ3v) is 6.21. The van der Waals surface area contributed by atoms with E-state index in [4.69, 9.17) is 20.6 Å². The molecule has 1 aromatic heterocycles. The molecule has 4 rings (SSSR count). The van der Waals surface area contributed by atoms with Crippen molar-refractivity contribution in [3.8, 4) is 0 Å². The minimum atomic E-state index is -0.398. The van der Waals surface area contributed by atoms with Crippen molar-refractivity contribution in [1.82, 2.24) is 14.8 Å². The predicted octanol–water partition coefficient (Wildman–Crippen LogP) is 2.18. The van der Waals surface area contributed by atoms with Gasteiger partial charge in [-0.3, -0.25) is 15.5 Å². The maximum Gasteiger partial charge on any atom is 0.310 e. The summed E-state index contributed by atoms with van der Waals surface area (Å²) in [7, 11) is 3.47. The number of allylic oxidation sites excluding steroid dienone is 2. The highest BCUT2D eigenvalue weighted by atomic mass is 16.6. The molecule has 2 aromatic rings. The largest absolute Gasteiger partial charge is 0.469 e. The van der Waals surface area contributed by atoms with Crippen LogP contribution in [0.4, 0.5) is 0 Å². The van der Waals surface area contributed by atoms with Crippen LogP contribution < -0.4 is 11.1 Å². The zero-order chi connectivity index (χ0) is 23.5. The second-order valence-electron chi connectivity index (χ2n) is 8.59. The number of hydrogen-bond acceptors (Lipinski definition) is 6. The standard InChI is InChI=1S/C25H31N5O3/c1-16(20(25(31)32-3)14-17-7-6-8-18(13-17)23(26)27)28-24-22(33-24)19-9-10-21(29(2)15-19)30-11-4-5-12-30/h4-13,16,20,22,24,28H,14-15H2,1-3H3,(H3,26,27). The van der Waals surface area contributed by atoms with Crippen molar-refractivity contribution in [2.45, 2.75) is 31.7 Å². The van der Waals surface area contributed by atoms with Crippen molar-refractivity contribution >= 4 is 17.6 Å². The quantitative estimate of drug-likeness (QED) is 0.234. The smallest absolute Gasteiger partial charge is 0.310 e. The van der Waals surface area contributed by atoms with E-state index in [0.717, 1.165) is 17.9 Å². The third-order valence-electron chi connectivity index (χ3n) is 6.21. The molecule has 2 aliphatic heterocycles. The molecule has 0 amide bonds. The first kappa shape index (κ1) is 22.8. The summed E-state index contributed by atoms with van der Waals surface area (Å²) in [5.41, 5.74) is 8.38. The van der Waals surface area contributed by atoms with E-state index in [0.29, 0.717) is 12.0 Å². The molecule has 8 nitrogen and oxygen atoms in total. The van der Waals surface area contributed by atoms with E-state index in [-0.39, 0.29) is 30.2 Å². The topological polar surface area (TPSA) is 109 Å². The summed E-state index contributed by atoms with van der Waals surface area (Å²) < 4.78 is 13.1. The number of nitrogen functional groups attached to an aromatic ring is 1. The first-order valence-corrected chi connectivity index (χ1v) is 11.0. The number of ether oxygens (including phenoxy) is 2. The summed E-state index contributed by atoms with van der Waals surface area (Å²) >= 11 is 0. The van der Waals surface area contributed by atoms with Crippen LogP contribution in [0.2, 0.25) is 0 Å². The summed E-state index contributed by atoms with van der Waals surface area (Å²) in [6, 6.07) is 11.3. The Labute approximate surface area is 194 Å². The van der Waals surface area contributed by atoms with Gasteiger partial charge in [0.15, 0.2) is 0 Å². The molecular weight excluding hydrogens is 418 g/mol. The Hall–Kier alpha value is -3.36. The molecule has 0 bridgehead atoms. The Morgan fingerprint density at radius 2 is 2.06 bits per heavy atom. The number of carbonyl (C=O) groups is 1. The van der Waals surface area contributed by atoms with Crippen molar-refractivity contribution in [2.75, 3.05) is 20.7 Å². The van der Waals surface area contributed by atoms with Crippen LogP contribution in [0.15, 0.2) is 66.5 Å². The lowest BCUT2D eigenvalue weighted by atomic mass is 9.92. The molecule has 1 saturated heterocycles. The first-order chi connectivity index (χ1) is 15.9. The highest BCUT2D eigenvalue weighted by molar-refractivity contribution is 5.95. The maximum absolute atomic E-state index is 12.6. The number of nitrogens with one attached hydrogen (secondary N) is 2. The number of likely N-dealkylation sites (N-methyl/N-ethyl adjacent to an activating group) is 1. The van der Waals surface area contributed by atoms with E-state index < -0.39 is 5.92 Å². The van der Waals surface area contributed by atoms with E-state index in [9.17, 15) is 4.79 Å². The van der Waals surface area contributed by atoms with Crippen LogP contribution in [0.1, 0.15) is 18.1 Å². The van der Waals surface area contributed by atoms with Gasteiger partial charge in [0.25, 0.3) is 0 Å². The van der Waals surface area contributed by atoms with Crippen molar-refractivity contribution in [2.24, 2.45) is 11.7 Å². The highest BCUT2D eigenvalue weighted by Gasteiger charge is 2.44. The van der Waals surface area contributed by atoms with Crippen LogP contribution in [-0.4, -0.2) is 60.3 Å². The number of esters is 1. The van der Waals surface area contributed by atoms with Gasteiger partial charge >= 0.3 is 5.97 Å². The highest BCUT2D eigenvalue weighted by Crippen LogP contribution is 2.32. The van der Waals surface area contributed by atoms with Crippen LogP contribution in [0.25, 0.3) is 5.82 Å². The molecule has 2 aliphatic rings. The Morgan fingerprint density at radius 3 is 2.73 bits per heavy atom. The molecule has 8 heteroatoms. The molecule has 0 spiro atoms. The van der Waals surface area contributed by atoms with Gasteiger partial charge in [0.1, 0.15) is 24.0 Å². The minimum Gasteiger partial charge on any atom is -0.469 e. The van der Waals surface area contributed by atoms with Gasteiger partial charge in [0.05, 0.1) is 13.0 Å². The predicted molar refractivity (Wildman–Crippen MR) is 127 cm³/mol. The van der Waals surface area contributed by atoms with Crippen LogP contribution in [-0.2, 0) is 20.7 Å². The monoisotopic (exact) mass is 449 g/mol. The normalized spacial score (nSPS) is 21.6. The van der Waals surface area contributed by atoms with Gasteiger partial charge in [-0.2, -0.15) is 0 Å². The van der Waals surface area contributed by atoms with Crippen molar-refractivity contribution < 1.29 is 14.3 Å². The molecule has 4 N–H and O–H groups in total. The number of benzene rings is 1. The molecule has 4 atom stereocenters. The van der Waals surface area contributed by atoms with Gasteiger partial charge in [-0.1, -0.05) is 24.3 Å². The van der Waals surface area contributed by atoms with Crippen LogP contribution in [0, 0.1) is 11.3 Å². The number of aromatic nitrogens is 1. The van der Waals surface area contributed by atoms with Gasteiger partial charge in [-0.05, 0) is 48.8 Å². The number of carbonyl (C=O) groups excluding carboxylic acids is 1. The van der Waals surface area contributed by atoms with E-state index in [1.165, 1.54) is 12.7 Å². The average Bonchev–Trinajstić information content (AvgIpc) is 3.35. The molecule has 1 aromatic carbocycles. The number of nitrogens with zero attached hydrogens (tertiary/aromatic N) is 2. The molecule has 174 valence electrons. The number of nitrogens with two attached hydrogens (primary N) is 1. The lowest BCUT2D eigenvalue weighted by Gasteiger charge is -2.27. The van der Waals surface area contributed by atoms with Crippen LogP contribution in [0.3, 0.4) is 0 Å². The lowest BCUT2D eigenvalue weighted by molar-refractivity contribution is -0.146. The first-order valence-electron chi connectivity index (χ1n) is 11.0. The second-order valence-corrected chi connectivity index (χ2v) is 8.59. The Balaban J connectivity index is 1.40. The van der Waals surface area contributed by atoms with Gasteiger partial charge in [0, 0.05) is 37.6 Å². The lowest BCUT2D eigenvalue weighted by Crippen LogP contribution is -2.42. The fourth-order valence-corrected chi connectivity index (χ4v) is 4.30. The molecule has 4 unspecified atom stereocenters. The molecule has 0 aliphatic carbocycles. The van der Waals surface area contributed by atoms with Gasteiger partial charge in [-0.25, -0.2) is 0 Å². The fraction of sp³-hybridized carbons (Fsp3) is 0.360. The number of methoxy groups -OCH3 is 1. The summed E-state index contributed by atoms with van der Waals surface area (Å²) in [5, 5.41) is 11.1. The number of amidine groups is 1. The maximum atomic E-state index is 12.6. The summed E-state index contributed by atoms with van der Waals surface area (Å²) in [6.07, 6.45) is 8.60. The molecule has 0 saturated carbocycles. The van der Waals surface area contributed by atoms with Crippen molar-refractivity contribution in [3.05, 3.63) is 77.6 Å². The van der Waals surface area contributed by atoms with E-state index >= 15 is 0 Å². The van der Waals surface area contributed by atoms with E-state index in [2.05, 4.69) is 34.0 Å². The van der Waals surface area contributed by atoms with Gasteiger partial charge in [0.2, 0.25) is 0 Å². The minimum absolute atomic E-state index is 0.00608. The molecule has 1 fully saturated rings.